The number of para-hydroxylation sites is 1. The van der Waals surface area contributed by atoms with Crippen LogP contribution in [0.25, 0.3) is 0 Å². The van der Waals surface area contributed by atoms with E-state index < -0.39 is 22.5 Å². The van der Waals surface area contributed by atoms with E-state index in [2.05, 4.69) is 5.32 Å². The van der Waals surface area contributed by atoms with Crippen molar-refractivity contribution >= 4 is 11.4 Å². The average molecular weight is 228 g/mol. The van der Waals surface area contributed by atoms with E-state index in [-0.39, 0.29) is 5.69 Å². The molecule has 1 aromatic carbocycles. The zero-order chi connectivity index (χ0) is 12.1. The predicted molar refractivity (Wildman–Crippen MR) is 57.8 cm³/mol. The lowest BCUT2D eigenvalue weighted by molar-refractivity contribution is -0.386. The van der Waals surface area contributed by atoms with Gasteiger partial charge in [-0.3, -0.25) is 10.1 Å². The average Bonchev–Trinajstić information content (AvgIpc) is 2.16. The van der Waals surface area contributed by atoms with Gasteiger partial charge in [0.25, 0.3) is 0 Å². The summed E-state index contributed by atoms with van der Waals surface area (Å²) in [5, 5.41) is 22.4. The third-order valence-electron chi connectivity index (χ3n) is 2.05. The molecule has 0 aliphatic carbocycles. The van der Waals surface area contributed by atoms with E-state index in [0.29, 0.717) is 13.0 Å². The number of nitro groups is 1. The van der Waals surface area contributed by atoms with Crippen LogP contribution in [0.5, 0.6) is 0 Å². The molecule has 6 heteroatoms. The van der Waals surface area contributed by atoms with Crippen LogP contribution in [-0.4, -0.2) is 22.7 Å². The van der Waals surface area contributed by atoms with E-state index in [1.165, 1.54) is 12.1 Å². The number of nitro benzene ring substituents is 1. The van der Waals surface area contributed by atoms with Crippen molar-refractivity contribution in [2.75, 3.05) is 11.9 Å². The maximum Gasteiger partial charge on any atom is 0.327 e. The Morgan fingerprint density at radius 2 is 2.31 bits per heavy atom. The molecule has 0 fully saturated rings. The van der Waals surface area contributed by atoms with Gasteiger partial charge in [0.2, 0.25) is 5.82 Å². The quantitative estimate of drug-likeness (QED) is 0.596. The van der Waals surface area contributed by atoms with Gasteiger partial charge in [-0.15, -0.1) is 0 Å². The highest BCUT2D eigenvalue weighted by molar-refractivity contribution is 5.61. The third-order valence-corrected chi connectivity index (χ3v) is 2.05. The first-order chi connectivity index (χ1) is 7.52. The molecule has 0 aliphatic heterocycles. The van der Waals surface area contributed by atoms with E-state index >= 15 is 0 Å². The number of halogens is 1. The zero-order valence-corrected chi connectivity index (χ0v) is 8.81. The second-order valence-electron chi connectivity index (χ2n) is 3.46. The molecule has 0 radical (unpaired) electrons. The fraction of sp³-hybridized carbons (Fsp3) is 0.400. The van der Waals surface area contributed by atoms with Crippen LogP contribution >= 0.6 is 0 Å². The SMILES string of the molecule is CC(O)CCNc1cccc(F)c1[N+](=O)[O-]. The molecule has 0 aliphatic rings. The van der Waals surface area contributed by atoms with Gasteiger partial charge in [0, 0.05) is 6.54 Å². The van der Waals surface area contributed by atoms with Gasteiger partial charge in [-0.2, -0.15) is 4.39 Å². The molecule has 0 spiro atoms. The van der Waals surface area contributed by atoms with Crippen molar-refractivity contribution in [1.29, 1.82) is 0 Å². The first kappa shape index (κ1) is 12.4. The molecule has 0 saturated carbocycles. The molecule has 5 nitrogen and oxygen atoms in total. The number of hydrogen-bond acceptors (Lipinski definition) is 4. The highest BCUT2D eigenvalue weighted by Crippen LogP contribution is 2.26. The predicted octanol–water partition coefficient (Wildman–Crippen LogP) is 1.92. The van der Waals surface area contributed by atoms with E-state index in [4.69, 9.17) is 5.11 Å². The summed E-state index contributed by atoms with van der Waals surface area (Å²) >= 11 is 0. The number of nitrogens with zero attached hydrogens (tertiary/aromatic N) is 1. The number of aliphatic hydroxyl groups excluding tert-OH is 1. The summed E-state index contributed by atoms with van der Waals surface area (Å²) < 4.78 is 13.2. The Bertz CT molecular complexity index is 382. The number of benzene rings is 1. The summed E-state index contributed by atoms with van der Waals surface area (Å²) in [6.07, 6.45) is -0.0617. The van der Waals surface area contributed by atoms with Crippen LogP contribution in [0.1, 0.15) is 13.3 Å². The van der Waals surface area contributed by atoms with Gasteiger partial charge >= 0.3 is 5.69 Å². The minimum absolute atomic E-state index is 0.130. The van der Waals surface area contributed by atoms with Gasteiger partial charge in [-0.05, 0) is 25.5 Å². The lowest BCUT2D eigenvalue weighted by Crippen LogP contribution is -2.11. The molecule has 1 aromatic rings. The van der Waals surface area contributed by atoms with Gasteiger partial charge in [0.1, 0.15) is 5.69 Å². The molecular weight excluding hydrogens is 215 g/mol. The molecule has 1 rings (SSSR count). The molecule has 2 N–H and O–H groups in total. The van der Waals surface area contributed by atoms with Crippen molar-refractivity contribution in [2.24, 2.45) is 0 Å². The summed E-state index contributed by atoms with van der Waals surface area (Å²) in [7, 11) is 0. The van der Waals surface area contributed by atoms with Crippen molar-refractivity contribution < 1.29 is 14.4 Å². The van der Waals surface area contributed by atoms with E-state index in [1.54, 1.807) is 6.92 Å². The Labute approximate surface area is 92.1 Å². The molecule has 1 atom stereocenters. The maximum atomic E-state index is 13.2. The largest absolute Gasteiger partial charge is 0.393 e. The van der Waals surface area contributed by atoms with Crippen LogP contribution in [0.15, 0.2) is 18.2 Å². The van der Waals surface area contributed by atoms with Crippen molar-refractivity contribution in [3.05, 3.63) is 34.1 Å². The van der Waals surface area contributed by atoms with Gasteiger partial charge in [-0.25, -0.2) is 0 Å². The summed E-state index contributed by atoms with van der Waals surface area (Å²) in [6, 6.07) is 3.87. The van der Waals surface area contributed by atoms with Crippen LogP contribution in [0.2, 0.25) is 0 Å². The molecule has 88 valence electrons. The molecule has 0 saturated heterocycles. The van der Waals surface area contributed by atoms with Crippen molar-refractivity contribution in [2.45, 2.75) is 19.4 Å². The van der Waals surface area contributed by atoms with Gasteiger partial charge < -0.3 is 10.4 Å². The first-order valence-corrected chi connectivity index (χ1v) is 4.87. The Morgan fingerprint density at radius 1 is 1.62 bits per heavy atom. The topological polar surface area (TPSA) is 75.4 Å². The van der Waals surface area contributed by atoms with Gasteiger partial charge in [0.15, 0.2) is 0 Å². The summed E-state index contributed by atoms with van der Waals surface area (Å²) in [5.74, 6) is -0.868. The minimum atomic E-state index is -0.868. The first-order valence-electron chi connectivity index (χ1n) is 4.87. The molecule has 1 unspecified atom stereocenters. The number of rotatable bonds is 5. The van der Waals surface area contributed by atoms with Crippen LogP contribution in [0.3, 0.4) is 0 Å². The Morgan fingerprint density at radius 3 is 2.88 bits per heavy atom. The lowest BCUT2D eigenvalue weighted by atomic mass is 10.2. The number of hydrogen-bond donors (Lipinski definition) is 2. The zero-order valence-electron chi connectivity index (χ0n) is 8.81. The van der Waals surface area contributed by atoms with Crippen molar-refractivity contribution in [3.63, 3.8) is 0 Å². The van der Waals surface area contributed by atoms with Crippen molar-refractivity contribution in [1.82, 2.24) is 0 Å². The Balaban J connectivity index is 2.79. The third kappa shape index (κ3) is 3.16. The van der Waals surface area contributed by atoms with Crippen LogP contribution in [0, 0.1) is 15.9 Å². The molecule has 0 amide bonds. The molecular formula is C10H13FN2O3. The summed E-state index contributed by atoms with van der Waals surface area (Å²) in [4.78, 5) is 9.85. The van der Waals surface area contributed by atoms with Crippen LogP contribution in [0.4, 0.5) is 15.8 Å². The Hall–Kier alpha value is -1.69. The maximum absolute atomic E-state index is 13.2. The normalized spacial score (nSPS) is 12.2. The smallest absolute Gasteiger partial charge is 0.327 e. The summed E-state index contributed by atoms with van der Waals surface area (Å²) in [5.41, 5.74) is -0.432. The van der Waals surface area contributed by atoms with E-state index in [0.717, 1.165) is 6.07 Å². The highest BCUT2D eigenvalue weighted by atomic mass is 19.1. The molecule has 16 heavy (non-hydrogen) atoms. The fourth-order valence-electron chi connectivity index (χ4n) is 1.26. The number of anilines is 1. The fourth-order valence-corrected chi connectivity index (χ4v) is 1.26. The van der Waals surface area contributed by atoms with E-state index in [1.807, 2.05) is 0 Å². The van der Waals surface area contributed by atoms with Gasteiger partial charge in [-0.1, -0.05) is 6.07 Å². The molecule has 0 aromatic heterocycles. The van der Waals surface area contributed by atoms with Crippen molar-refractivity contribution in [3.8, 4) is 0 Å². The number of nitrogens with one attached hydrogen (secondary N) is 1. The van der Waals surface area contributed by atoms with Crippen LogP contribution < -0.4 is 5.32 Å². The molecule has 0 heterocycles. The second kappa shape index (κ2) is 5.41. The minimum Gasteiger partial charge on any atom is -0.393 e. The lowest BCUT2D eigenvalue weighted by Gasteiger charge is -2.08. The summed E-state index contributed by atoms with van der Waals surface area (Å²) in [6.45, 7) is 1.96. The number of aliphatic hydroxyl groups is 1. The van der Waals surface area contributed by atoms with E-state index in [9.17, 15) is 14.5 Å². The second-order valence-corrected chi connectivity index (χ2v) is 3.46. The molecule has 0 bridgehead atoms. The van der Waals surface area contributed by atoms with Gasteiger partial charge in [0.05, 0.1) is 11.0 Å². The standard InChI is InChI=1S/C10H13FN2O3/c1-7(14)5-6-12-9-4-2-3-8(11)10(9)13(15)16/h2-4,7,12,14H,5-6H2,1H3. The highest BCUT2D eigenvalue weighted by Gasteiger charge is 2.19. The monoisotopic (exact) mass is 228 g/mol. The van der Waals surface area contributed by atoms with Crippen LogP contribution in [-0.2, 0) is 0 Å². The Kier molecular flexibility index (Phi) is 4.19.